The van der Waals surface area contributed by atoms with E-state index in [1.54, 1.807) is 6.92 Å². The third kappa shape index (κ3) is 3.16. The maximum absolute atomic E-state index is 10.1. The minimum absolute atomic E-state index is 0.185. The summed E-state index contributed by atoms with van der Waals surface area (Å²) in [6.45, 7) is 5.32. The van der Waals surface area contributed by atoms with Crippen LogP contribution >= 0.6 is 0 Å². The van der Waals surface area contributed by atoms with Crippen LogP contribution in [-0.4, -0.2) is 12.6 Å². The Morgan fingerprint density at radius 3 is 2.57 bits per heavy atom. The molecule has 0 amide bonds. The van der Waals surface area contributed by atoms with Gasteiger partial charge in [0.2, 0.25) is 6.61 Å². The summed E-state index contributed by atoms with van der Waals surface area (Å²) in [6.07, 6.45) is 0.440. The summed E-state index contributed by atoms with van der Waals surface area (Å²) in [7, 11) is 0. The SMILES string of the molecule is [CH2+]COC(=O)CC. The molecule has 0 saturated heterocycles. The van der Waals surface area contributed by atoms with Crippen LogP contribution in [0.1, 0.15) is 13.3 Å². The summed E-state index contributed by atoms with van der Waals surface area (Å²) < 4.78 is 4.44. The topological polar surface area (TPSA) is 26.3 Å². The predicted octanol–water partition coefficient (Wildman–Crippen LogP) is 0.774. The van der Waals surface area contributed by atoms with Crippen LogP contribution in [0.4, 0.5) is 0 Å². The summed E-state index contributed by atoms with van der Waals surface area (Å²) >= 11 is 0. The van der Waals surface area contributed by atoms with E-state index in [1.807, 2.05) is 0 Å². The predicted molar refractivity (Wildman–Crippen MR) is 26.6 cm³/mol. The van der Waals surface area contributed by atoms with Gasteiger partial charge in [-0.2, -0.15) is 0 Å². The molecule has 0 fully saturated rings. The van der Waals surface area contributed by atoms with Crippen LogP contribution < -0.4 is 0 Å². The van der Waals surface area contributed by atoms with Gasteiger partial charge in [0.15, 0.2) is 0 Å². The molecule has 0 atom stereocenters. The second-order valence-electron chi connectivity index (χ2n) is 1.07. The van der Waals surface area contributed by atoms with Gasteiger partial charge in [0.1, 0.15) is 6.92 Å². The Bertz CT molecular complexity index is 59.1. The molecule has 0 aliphatic heterocycles. The lowest BCUT2D eigenvalue weighted by molar-refractivity contribution is -0.142. The number of rotatable bonds is 2. The Hall–Kier alpha value is -0.660. The molecule has 0 aromatic heterocycles. The maximum atomic E-state index is 10.1. The second-order valence-corrected chi connectivity index (χ2v) is 1.07. The highest BCUT2D eigenvalue weighted by Crippen LogP contribution is 1.80. The van der Waals surface area contributed by atoms with Crippen molar-refractivity contribution in [2.24, 2.45) is 0 Å². The van der Waals surface area contributed by atoms with E-state index in [0.717, 1.165) is 0 Å². The fourth-order valence-corrected chi connectivity index (χ4v) is 0.216. The number of hydrogen-bond acceptors (Lipinski definition) is 2. The van der Waals surface area contributed by atoms with Crippen molar-refractivity contribution in [3.8, 4) is 0 Å². The Morgan fingerprint density at radius 1 is 1.86 bits per heavy atom. The minimum Gasteiger partial charge on any atom is -0.423 e. The van der Waals surface area contributed by atoms with Gasteiger partial charge in [-0.1, -0.05) is 6.92 Å². The van der Waals surface area contributed by atoms with E-state index >= 15 is 0 Å². The molecule has 7 heavy (non-hydrogen) atoms. The molecule has 0 rings (SSSR count). The number of hydrogen-bond donors (Lipinski definition) is 0. The molecule has 0 bridgehead atoms. The van der Waals surface area contributed by atoms with E-state index in [4.69, 9.17) is 0 Å². The van der Waals surface area contributed by atoms with Gasteiger partial charge in [0.05, 0.1) is 0 Å². The van der Waals surface area contributed by atoms with Crippen LogP contribution in [0.2, 0.25) is 0 Å². The van der Waals surface area contributed by atoms with Gasteiger partial charge in [-0.3, -0.25) is 4.79 Å². The molecule has 0 unspecified atom stereocenters. The molecule has 0 aliphatic rings. The summed E-state index contributed by atoms with van der Waals surface area (Å²) in [5, 5.41) is 0. The van der Waals surface area contributed by atoms with Crippen molar-refractivity contribution in [3.63, 3.8) is 0 Å². The van der Waals surface area contributed by atoms with Gasteiger partial charge < -0.3 is 4.74 Å². The van der Waals surface area contributed by atoms with Crippen LogP contribution in [0.5, 0.6) is 0 Å². The van der Waals surface area contributed by atoms with Crippen LogP contribution in [0.15, 0.2) is 0 Å². The van der Waals surface area contributed by atoms with Crippen molar-refractivity contribution in [2.45, 2.75) is 13.3 Å². The van der Waals surface area contributed by atoms with E-state index in [1.165, 1.54) is 0 Å². The monoisotopic (exact) mass is 101 g/mol. The Balaban J connectivity index is 3.00. The molecule has 0 heterocycles. The number of esters is 1. The van der Waals surface area contributed by atoms with Gasteiger partial charge in [-0.05, 0) is 0 Å². The fourth-order valence-electron chi connectivity index (χ4n) is 0.216. The quantitative estimate of drug-likeness (QED) is 0.379. The standard InChI is InChI=1S/C5H9O2/c1-3-5(6)7-4-2/h2-4H2,1H3/q+1. The molecule has 0 N–H and O–H groups in total. The number of ether oxygens (including phenoxy) is 1. The molecule has 40 valence electrons. The van der Waals surface area contributed by atoms with Gasteiger partial charge in [-0.15, -0.1) is 0 Å². The van der Waals surface area contributed by atoms with Crippen molar-refractivity contribution in [2.75, 3.05) is 6.61 Å². The highest BCUT2D eigenvalue weighted by molar-refractivity contribution is 5.68. The van der Waals surface area contributed by atoms with Crippen molar-refractivity contribution in [3.05, 3.63) is 6.92 Å². The molecule has 0 aromatic carbocycles. The Labute approximate surface area is 43.5 Å². The zero-order valence-electron chi connectivity index (χ0n) is 4.44. The van der Waals surface area contributed by atoms with Crippen molar-refractivity contribution in [1.29, 1.82) is 0 Å². The highest BCUT2D eigenvalue weighted by atomic mass is 16.5. The molecule has 0 spiro atoms. The first-order chi connectivity index (χ1) is 3.31. The Kier molecular flexibility index (Phi) is 3.19. The lowest BCUT2D eigenvalue weighted by Crippen LogP contribution is -2.00. The van der Waals surface area contributed by atoms with Crippen molar-refractivity contribution < 1.29 is 9.53 Å². The van der Waals surface area contributed by atoms with E-state index < -0.39 is 0 Å². The van der Waals surface area contributed by atoms with E-state index in [9.17, 15) is 4.79 Å². The van der Waals surface area contributed by atoms with E-state index in [-0.39, 0.29) is 12.6 Å². The average Bonchev–Trinajstić information content (AvgIpc) is 1.68. The van der Waals surface area contributed by atoms with Gasteiger partial charge >= 0.3 is 5.97 Å². The highest BCUT2D eigenvalue weighted by Gasteiger charge is 1.93. The minimum atomic E-state index is -0.185. The molecule has 0 aliphatic carbocycles. The Morgan fingerprint density at radius 2 is 2.43 bits per heavy atom. The van der Waals surface area contributed by atoms with Crippen molar-refractivity contribution in [1.82, 2.24) is 0 Å². The van der Waals surface area contributed by atoms with E-state index in [2.05, 4.69) is 11.7 Å². The first kappa shape index (κ1) is 6.34. The van der Waals surface area contributed by atoms with Gasteiger partial charge in [0.25, 0.3) is 0 Å². The molecule has 0 aromatic rings. The van der Waals surface area contributed by atoms with Crippen LogP contribution in [-0.2, 0) is 9.53 Å². The normalized spacial score (nSPS) is 8.14. The molecule has 2 heteroatoms. The summed E-state index contributed by atoms with van der Waals surface area (Å²) in [5.74, 6) is -0.185. The average molecular weight is 101 g/mol. The maximum Gasteiger partial charge on any atom is 0.308 e. The van der Waals surface area contributed by atoms with Crippen molar-refractivity contribution >= 4 is 5.97 Å². The molecular weight excluding hydrogens is 92.1 g/mol. The first-order valence-corrected chi connectivity index (χ1v) is 2.26. The second kappa shape index (κ2) is 3.53. The zero-order valence-corrected chi connectivity index (χ0v) is 4.44. The molecule has 0 saturated carbocycles. The van der Waals surface area contributed by atoms with Crippen LogP contribution in [0.3, 0.4) is 0 Å². The number of carbonyl (C=O) groups excluding carboxylic acids is 1. The molecule has 0 radical (unpaired) electrons. The third-order valence-electron chi connectivity index (χ3n) is 0.552. The van der Waals surface area contributed by atoms with E-state index in [0.29, 0.717) is 6.42 Å². The zero-order chi connectivity index (χ0) is 5.70. The smallest absolute Gasteiger partial charge is 0.308 e. The summed E-state index contributed by atoms with van der Waals surface area (Å²) in [5.41, 5.74) is 0. The molecular formula is C5H9O2+. The summed E-state index contributed by atoms with van der Waals surface area (Å²) in [4.78, 5) is 10.1. The largest absolute Gasteiger partial charge is 0.423 e. The summed E-state index contributed by atoms with van der Waals surface area (Å²) in [6, 6.07) is 0. The van der Waals surface area contributed by atoms with Crippen LogP contribution in [0, 0.1) is 6.92 Å². The lowest BCUT2D eigenvalue weighted by atomic mass is 10.5. The van der Waals surface area contributed by atoms with Crippen LogP contribution in [0.25, 0.3) is 0 Å². The molecule has 2 nitrogen and oxygen atoms in total. The lowest BCUT2D eigenvalue weighted by Gasteiger charge is -1.89. The number of carbonyl (C=O) groups is 1. The van der Waals surface area contributed by atoms with Gasteiger partial charge in [0, 0.05) is 6.42 Å². The third-order valence-corrected chi connectivity index (χ3v) is 0.552. The van der Waals surface area contributed by atoms with Gasteiger partial charge in [-0.25, -0.2) is 0 Å². The fraction of sp³-hybridized carbons (Fsp3) is 0.600. The first-order valence-electron chi connectivity index (χ1n) is 2.26.